The predicted octanol–water partition coefficient (Wildman–Crippen LogP) is 2.10. The van der Waals surface area contributed by atoms with Gasteiger partial charge in [-0.1, -0.05) is 0 Å². The first-order valence-corrected chi connectivity index (χ1v) is 3.15. The summed E-state index contributed by atoms with van der Waals surface area (Å²) in [5, 5.41) is 0. The number of hydrogen-bond acceptors (Lipinski definition) is 1. The monoisotopic (exact) mass is 182 g/mol. The second kappa shape index (κ2) is 2.37. The van der Waals surface area contributed by atoms with Gasteiger partial charge >= 0.3 is 6.18 Å². The first-order valence-electron chi connectivity index (χ1n) is 2.74. The van der Waals surface area contributed by atoms with Gasteiger partial charge < -0.3 is 9.55 Å². The summed E-state index contributed by atoms with van der Waals surface area (Å²) in [6.07, 6.45) is -3.48. The minimum absolute atomic E-state index is 0.0670. The van der Waals surface area contributed by atoms with E-state index in [9.17, 15) is 13.2 Å². The number of alkyl halides is 3. The van der Waals surface area contributed by atoms with Crippen molar-refractivity contribution in [1.82, 2.24) is 9.55 Å². The molecule has 0 spiro atoms. The lowest BCUT2D eigenvalue weighted by Gasteiger charge is -2.04. The van der Waals surface area contributed by atoms with Crippen LogP contribution in [0.2, 0.25) is 0 Å². The molecule has 0 aliphatic carbocycles. The molecular formula is C5H5F3N2S. The SMILES string of the molecule is Cn1c(C(F)(F)F)c[nH]c1=S. The van der Waals surface area contributed by atoms with Gasteiger partial charge in [-0.25, -0.2) is 0 Å². The molecule has 0 aromatic carbocycles. The Bertz CT molecular complexity index is 308. The Morgan fingerprint density at radius 2 is 2.09 bits per heavy atom. The molecule has 0 fully saturated rings. The Hall–Kier alpha value is -0.780. The molecule has 1 aromatic heterocycles. The van der Waals surface area contributed by atoms with Crippen LogP contribution in [0.5, 0.6) is 0 Å². The number of hydrogen-bond donors (Lipinski definition) is 1. The van der Waals surface area contributed by atoms with Gasteiger partial charge in [0.2, 0.25) is 0 Å². The van der Waals surface area contributed by atoms with E-state index in [0.717, 1.165) is 10.8 Å². The van der Waals surface area contributed by atoms with Crippen molar-refractivity contribution in [2.75, 3.05) is 0 Å². The lowest BCUT2D eigenvalue weighted by Crippen LogP contribution is -2.10. The molecule has 0 aliphatic heterocycles. The van der Waals surface area contributed by atoms with E-state index in [1.807, 2.05) is 0 Å². The molecule has 0 unspecified atom stereocenters. The van der Waals surface area contributed by atoms with E-state index in [1.165, 1.54) is 7.05 Å². The minimum Gasteiger partial charge on any atom is -0.337 e. The normalized spacial score (nSPS) is 12.0. The van der Waals surface area contributed by atoms with E-state index in [4.69, 9.17) is 0 Å². The highest BCUT2D eigenvalue weighted by atomic mass is 32.1. The molecule has 1 heterocycles. The summed E-state index contributed by atoms with van der Waals surface area (Å²) in [5.41, 5.74) is -0.762. The summed E-state index contributed by atoms with van der Waals surface area (Å²) in [7, 11) is 1.27. The standard InChI is InChI=1S/C5H5F3N2S/c1-10-3(5(6,7)8)2-9-4(10)11/h2H,1H3,(H,9,11). The van der Waals surface area contributed by atoms with Gasteiger partial charge in [0.05, 0.1) is 0 Å². The quantitative estimate of drug-likeness (QED) is 0.609. The molecular weight excluding hydrogens is 177 g/mol. The molecule has 6 heteroatoms. The average molecular weight is 182 g/mol. The Morgan fingerprint density at radius 3 is 2.27 bits per heavy atom. The van der Waals surface area contributed by atoms with Gasteiger partial charge in [0.25, 0.3) is 0 Å². The number of aromatic nitrogens is 2. The molecule has 11 heavy (non-hydrogen) atoms. The Kier molecular flexibility index (Phi) is 1.79. The maximum Gasteiger partial charge on any atom is 0.432 e. The number of aromatic amines is 1. The summed E-state index contributed by atoms with van der Waals surface area (Å²) in [4.78, 5) is 2.30. The third kappa shape index (κ3) is 1.45. The smallest absolute Gasteiger partial charge is 0.337 e. The number of halogens is 3. The first-order chi connectivity index (χ1) is 4.93. The molecule has 0 saturated carbocycles. The largest absolute Gasteiger partial charge is 0.432 e. The topological polar surface area (TPSA) is 20.7 Å². The van der Waals surface area contributed by atoms with Gasteiger partial charge in [-0.2, -0.15) is 13.2 Å². The lowest BCUT2D eigenvalue weighted by molar-refractivity contribution is -0.143. The van der Waals surface area contributed by atoms with Crippen molar-refractivity contribution in [3.05, 3.63) is 16.7 Å². The zero-order chi connectivity index (χ0) is 8.65. The number of H-pyrrole nitrogens is 1. The molecule has 62 valence electrons. The highest BCUT2D eigenvalue weighted by molar-refractivity contribution is 7.71. The van der Waals surface area contributed by atoms with Crippen LogP contribution in [-0.4, -0.2) is 9.55 Å². The van der Waals surface area contributed by atoms with Crippen molar-refractivity contribution < 1.29 is 13.2 Å². The van der Waals surface area contributed by atoms with Crippen LogP contribution in [0.15, 0.2) is 6.20 Å². The van der Waals surface area contributed by atoms with Crippen LogP contribution in [-0.2, 0) is 13.2 Å². The van der Waals surface area contributed by atoms with Crippen molar-refractivity contribution in [2.45, 2.75) is 6.18 Å². The van der Waals surface area contributed by atoms with Gasteiger partial charge in [0, 0.05) is 13.2 Å². The molecule has 1 rings (SSSR count). The van der Waals surface area contributed by atoms with E-state index in [2.05, 4.69) is 17.2 Å². The van der Waals surface area contributed by atoms with Crippen molar-refractivity contribution in [2.24, 2.45) is 7.05 Å². The highest BCUT2D eigenvalue weighted by Gasteiger charge is 2.33. The maximum absolute atomic E-state index is 12.0. The molecule has 0 bridgehead atoms. The summed E-state index contributed by atoms with van der Waals surface area (Å²) in [5.74, 6) is 0. The Labute approximate surface area is 65.7 Å². The second-order valence-electron chi connectivity index (χ2n) is 2.04. The maximum atomic E-state index is 12.0. The van der Waals surface area contributed by atoms with E-state index < -0.39 is 11.9 Å². The molecule has 0 aliphatic rings. The van der Waals surface area contributed by atoms with Crippen molar-refractivity contribution in [3.63, 3.8) is 0 Å². The number of nitrogens with one attached hydrogen (secondary N) is 1. The van der Waals surface area contributed by atoms with Crippen LogP contribution in [0.1, 0.15) is 5.69 Å². The van der Waals surface area contributed by atoms with Crippen LogP contribution in [0.25, 0.3) is 0 Å². The minimum atomic E-state index is -4.33. The third-order valence-electron chi connectivity index (χ3n) is 1.29. The summed E-state index contributed by atoms with van der Waals surface area (Å²) >= 11 is 4.55. The number of rotatable bonds is 0. The molecule has 1 aromatic rings. The first kappa shape index (κ1) is 8.32. The highest BCUT2D eigenvalue weighted by Crippen LogP contribution is 2.28. The second-order valence-corrected chi connectivity index (χ2v) is 2.42. The molecule has 0 radical (unpaired) electrons. The van der Waals surface area contributed by atoms with Gasteiger partial charge in [0.1, 0.15) is 5.69 Å². The Morgan fingerprint density at radius 1 is 1.55 bits per heavy atom. The summed E-state index contributed by atoms with van der Waals surface area (Å²) < 4.78 is 36.9. The molecule has 0 saturated heterocycles. The zero-order valence-corrected chi connectivity index (χ0v) is 6.38. The van der Waals surface area contributed by atoms with Gasteiger partial charge in [0.15, 0.2) is 4.77 Å². The molecule has 2 nitrogen and oxygen atoms in total. The van der Waals surface area contributed by atoms with E-state index in [0.29, 0.717) is 0 Å². The molecule has 0 amide bonds. The predicted molar refractivity (Wildman–Crippen MR) is 35.6 cm³/mol. The number of imidazole rings is 1. The zero-order valence-electron chi connectivity index (χ0n) is 5.57. The average Bonchev–Trinajstić information content (AvgIpc) is 2.11. The molecule has 1 N–H and O–H groups in total. The summed E-state index contributed by atoms with van der Waals surface area (Å²) in [6, 6.07) is 0. The van der Waals surface area contributed by atoms with Gasteiger partial charge in [-0.15, -0.1) is 0 Å². The van der Waals surface area contributed by atoms with Crippen LogP contribution in [0.3, 0.4) is 0 Å². The van der Waals surface area contributed by atoms with Crippen LogP contribution in [0, 0.1) is 4.77 Å². The summed E-state index contributed by atoms with van der Waals surface area (Å²) in [6.45, 7) is 0. The van der Waals surface area contributed by atoms with Crippen LogP contribution < -0.4 is 0 Å². The Balaban J connectivity index is 3.26. The van der Waals surface area contributed by atoms with Crippen LogP contribution >= 0.6 is 12.2 Å². The fourth-order valence-electron chi connectivity index (χ4n) is 0.705. The van der Waals surface area contributed by atoms with Crippen molar-refractivity contribution in [3.8, 4) is 0 Å². The van der Waals surface area contributed by atoms with E-state index >= 15 is 0 Å². The fraction of sp³-hybridized carbons (Fsp3) is 0.400. The van der Waals surface area contributed by atoms with Crippen molar-refractivity contribution >= 4 is 12.2 Å². The third-order valence-corrected chi connectivity index (χ3v) is 1.68. The lowest BCUT2D eigenvalue weighted by atomic mass is 10.5. The van der Waals surface area contributed by atoms with Crippen molar-refractivity contribution in [1.29, 1.82) is 0 Å². The molecule has 0 atom stereocenters. The van der Waals surface area contributed by atoms with Gasteiger partial charge in [-0.05, 0) is 12.2 Å². The van der Waals surface area contributed by atoms with E-state index in [-0.39, 0.29) is 4.77 Å². The van der Waals surface area contributed by atoms with Gasteiger partial charge in [-0.3, -0.25) is 0 Å². The fourth-order valence-corrected chi connectivity index (χ4v) is 0.862. The van der Waals surface area contributed by atoms with Crippen LogP contribution in [0.4, 0.5) is 13.2 Å². The van der Waals surface area contributed by atoms with E-state index in [1.54, 1.807) is 0 Å². The number of nitrogens with zero attached hydrogens (tertiary/aromatic N) is 1.